The van der Waals surface area contributed by atoms with Crippen LogP contribution in [0.2, 0.25) is 0 Å². The number of ether oxygens (including phenoxy) is 1. The van der Waals surface area contributed by atoms with E-state index in [-0.39, 0.29) is 12.2 Å². The van der Waals surface area contributed by atoms with Crippen LogP contribution in [0.15, 0.2) is 0 Å². The number of hydrogen-bond donors (Lipinski definition) is 2. The molecule has 1 unspecified atom stereocenters. The first kappa shape index (κ1) is 14.3. The summed E-state index contributed by atoms with van der Waals surface area (Å²) in [6.45, 7) is 5.58. The maximum absolute atomic E-state index is 11.7. The Morgan fingerprint density at radius 2 is 2.24 bits per heavy atom. The summed E-state index contributed by atoms with van der Waals surface area (Å²) in [6, 6.07) is 0. The largest absolute Gasteiger partial charge is 0.449 e. The van der Waals surface area contributed by atoms with E-state index >= 15 is 0 Å². The highest BCUT2D eigenvalue weighted by Crippen LogP contribution is 2.03. The monoisotopic (exact) mass is 244 g/mol. The zero-order valence-electron chi connectivity index (χ0n) is 10.7. The van der Waals surface area contributed by atoms with Crippen molar-refractivity contribution in [3.05, 3.63) is 0 Å². The van der Waals surface area contributed by atoms with E-state index in [9.17, 15) is 9.90 Å². The molecule has 0 bridgehead atoms. The Morgan fingerprint density at radius 1 is 1.41 bits per heavy atom. The van der Waals surface area contributed by atoms with Crippen molar-refractivity contribution >= 4 is 6.09 Å². The van der Waals surface area contributed by atoms with Crippen LogP contribution in [0.4, 0.5) is 4.79 Å². The summed E-state index contributed by atoms with van der Waals surface area (Å²) < 4.78 is 5.15. The van der Waals surface area contributed by atoms with E-state index in [1.54, 1.807) is 4.90 Å². The summed E-state index contributed by atoms with van der Waals surface area (Å²) in [5.41, 5.74) is 0. The van der Waals surface area contributed by atoms with Crippen molar-refractivity contribution in [2.24, 2.45) is 0 Å². The van der Waals surface area contributed by atoms with Crippen molar-refractivity contribution in [2.75, 3.05) is 32.8 Å². The molecule has 0 radical (unpaired) electrons. The summed E-state index contributed by atoms with van der Waals surface area (Å²) in [5.74, 6) is 0. The fraction of sp³-hybridized carbons (Fsp3) is 0.917. The maximum Gasteiger partial charge on any atom is 0.409 e. The van der Waals surface area contributed by atoms with E-state index in [2.05, 4.69) is 5.32 Å². The Bertz CT molecular complexity index is 216. The van der Waals surface area contributed by atoms with Gasteiger partial charge in [0.15, 0.2) is 0 Å². The van der Waals surface area contributed by atoms with Crippen LogP contribution in [-0.4, -0.2) is 55.0 Å². The van der Waals surface area contributed by atoms with Crippen LogP contribution in [0, 0.1) is 0 Å². The molecule has 0 aliphatic carbocycles. The summed E-state index contributed by atoms with van der Waals surface area (Å²) in [4.78, 5) is 13.4. The lowest BCUT2D eigenvalue weighted by Gasteiger charge is -2.19. The van der Waals surface area contributed by atoms with Gasteiger partial charge in [0.25, 0.3) is 0 Å². The van der Waals surface area contributed by atoms with Gasteiger partial charge in [-0.25, -0.2) is 4.79 Å². The number of carbonyl (C=O) groups is 1. The van der Waals surface area contributed by atoms with Gasteiger partial charge >= 0.3 is 6.09 Å². The molecule has 100 valence electrons. The first-order valence-corrected chi connectivity index (χ1v) is 6.54. The number of hydrogen-bond acceptors (Lipinski definition) is 4. The highest BCUT2D eigenvalue weighted by molar-refractivity contribution is 5.67. The van der Waals surface area contributed by atoms with Crippen molar-refractivity contribution in [1.29, 1.82) is 0 Å². The van der Waals surface area contributed by atoms with Gasteiger partial charge in [-0.1, -0.05) is 13.3 Å². The van der Waals surface area contributed by atoms with Crippen LogP contribution >= 0.6 is 0 Å². The molecule has 1 aliphatic heterocycles. The van der Waals surface area contributed by atoms with Gasteiger partial charge < -0.3 is 20.1 Å². The van der Waals surface area contributed by atoms with E-state index in [1.807, 2.05) is 6.92 Å². The molecule has 0 aromatic carbocycles. The topological polar surface area (TPSA) is 61.8 Å². The van der Waals surface area contributed by atoms with Crippen LogP contribution < -0.4 is 5.32 Å². The molecule has 1 rings (SSSR count). The van der Waals surface area contributed by atoms with Crippen molar-refractivity contribution in [2.45, 2.75) is 38.7 Å². The van der Waals surface area contributed by atoms with Gasteiger partial charge in [-0.3, -0.25) is 0 Å². The molecular formula is C12H24N2O3. The lowest BCUT2D eigenvalue weighted by Crippen LogP contribution is -2.35. The molecule has 0 aromatic heterocycles. The Morgan fingerprint density at radius 3 is 3.00 bits per heavy atom. The number of rotatable bonds is 5. The summed E-state index contributed by atoms with van der Waals surface area (Å²) in [5, 5.41) is 12.7. The molecule has 1 heterocycles. The summed E-state index contributed by atoms with van der Waals surface area (Å²) in [7, 11) is 0. The zero-order valence-corrected chi connectivity index (χ0v) is 10.7. The number of carbonyl (C=O) groups excluding carboxylic acids is 1. The van der Waals surface area contributed by atoms with Gasteiger partial charge in [0.1, 0.15) is 0 Å². The molecule has 17 heavy (non-hydrogen) atoms. The van der Waals surface area contributed by atoms with Gasteiger partial charge in [-0.15, -0.1) is 0 Å². The molecule has 1 amide bonds. The third-order valence-electron chi connectivity index (χ3n) is 2.90. The second kappa shape index (κ2) is 8.31. The second-order valence-corrected chi connectivity index (χ2v) is 4.44. The molecule has 2 N–H and O–H groups in total. The molecule has 0 saturated carbocycles. The predicted octanol–water partition coefficient (Wildman–Crippen LogP) is 0.969. The van der Waals surface area contributed by atoms with Crippen LogP contribution in [-0.2, 0) is 4.74 Å². The highest BCUT2D eigenvalue weighted by atomic mass is 16.6. The first-order valence-electron chi connectivity index (χ1n) is 6.54. The molecule has 5 nitrogen and oxygen atoms in total. The van der Waals surface area contributed by atoms with Gasteiger partial charge in [-0.2, -0.15) is 0 Å². The van der Waals surface area contributed by atoms with Crippen LogP contribution in [0.5, 0.6) is 0 Å². The second-order valence-electron chi connectivity index (χ2n) is 4.44. The van der Waals surface area contributed by atoms with E-state index in [0.717, 1.165) is 38.9 Å². The predicted molar refractivity (Wildman–Crippen MR) is 65.9 cm³/mol. The average molecular weight is 244 g/mol. The molecule has 1 fully saturated rings. The Balaban J connectivity index is 2.15. The van der Waals surface area contributed by atoms with E-state index in [1.165, 1.54) is 0 Å². The van der Waals surface area contributed by atoms with Crippen molar-refractivity contribution < 1.29 is 14.6 Å². The average Bonchev–Trinajstić information content (AvgIpc) is 2.57. The smallest absolute Gasteiger partial charge is 0.409 e. The minimum atomic E-state index is -0.349. The van der Waals surface area contributed by atoms with Crippen molar-refractivity contribution in [1.82, 2.24) is 10.2 Å². The quantitative estimate of drug-likeness (QED) is 0.756. The number of nitrogens with one attached hydrogen (secondary N) is 1. The number of aliphatic hydroxyl groups is 1. The molecule has 5 heteroatoms. The van der Waals surface area contributed by atoms with Crippen molar-refractivity contribution in [3.8, 4) is 0 Å². The third-order valence-corrected chi connectivity index (χ3v) is 2.90. The lowest BCUT2D eigenvalue weighted by molar-refractivity contribution is 0.0783. The van der Waals surface area contributed by atoms with E-state index in [4.69, 9.17) is 4.74 Å². The molecule has 0 aromatic rings. The zero-order chi connectivity index (χ0) is 12.5. The SMILES string of the molecule is CCCC(O)CCOC(=O)N1CCCNCC1. The fourth-order valence-electron chi connectivity index (χ4n) is 1.88. The minimum Gasteiger partial charge on any atom is -0.449 e. The molecular weight excluding hydrogens is 220 g/mol. The molecule has 1 saturated heterocycles. The Labute approximate surface area is 103 Å². The maximum atomic E-state index is 11.7. The molecule has 1 aliphatic rings. The fourth-order valence-corrected chi connectivity index (χ4v) is 1.88. The van der Waals surface area contributed by atoms with Gasteiger partial charge in [-0.05, 0) is 19.4 Å². The normalized spacial score (nSPS) is 18.6. The van der Waals surface area contributed by atoms with Crippen LogP contribution in [0.1, 0.15) is 32.6 Å². The minimum absolute atomic E-state index is 0.252. The van der Waals surface area contributed by atoms with Crippen LogP contribution in [0.3, 0.4) is 0 Å². The number of amides is 1. The van der Waals surface area contributed by atoms with E-state index < -0.39 is 0 Å². The Kier molecular flexibility index (Phi) is 6.96. The van der Waals surface area contributed by atoms with Gasteiger partial charge in [0.2, 0.25) is 0 Å². The van der Waals surface area contributed by atoms with Crippen LogP contribution in [0.25, 0.3) is 0 Å². The standard InChI is InChI=1S/C12H24N2O3/c1-2-4-11(15)5-10-17-12(16)14-8-3-6-13-7-9-14/h11,13,15H,2-10H2,1H3. The lowest BCUT2D eigenvalue weighted by atomic mass is 10.1. The summed E-state index contributed by atoms with van der Waals surface area (Å²) in [6.07, 6.45) is 2.62. The van der Waals surface area contributed by atoms with Gasteiger partial charge in [0, 0.05) is 26.1 Å². The number of nitrogens with zero attached hydrogens (tertiary/aromatic N) is 1. The Hall–Kier alpha value is -0.810. The summed E-state index contributed by atoms with van der Waals surface area (Å²) >= 11 is 0. The first-order chi connectivity index (χ1) is 8.24. The molecule has 0 spiro atoms. The third kappa shape index (κ3) is 5.89. The van der Waals surface area contributed by atoms with Crippen molar-refractivity contribution in [3.63, 3.8) is 0 Å². The number of aliphatic hydroxyl groups excluding tert-OH is 1. The van der Waals surface area contributed by atoms with Gasteiger partial charge in [0.05, 0.1) is 12.7 Å². The highest BCUT2D eigenvalue weighted by Gasteiger charge is 2.16. The van der Waals surface area contributed by atoms with E-state index in [0.29, 0.717) is 19.6 Å². The molecule has 1 atom stereocenters.